The summed E-state index contributed by atoms with van der Waals surface area (Å²) in [5.41, 5.74) is 8.86. The van der Waals surface area contributed by atoms with Crippen molar-refractivity contribution in [2.24, 2.45) is 0 Å². The zero-order valence-corrected chi connectivity index (χ0v) is 31.6. The molecule has 1 aliphatic carbocycles. The van der Waals surface area contributed by atoms with E-state index in [-0.39, 0.29) is 5.41 Å². The van der Waals surface area contributed by atoms with E-state index in [0.29, 0.717) is 0 Å². The van der Waals surface area contributed by atoms with Crippen molar-refractivity contribution in [2.75, 3.05) is 0 Å². The third kappa shape index (κ3) is 8.53. The summed E-state index contributed by atoms with van der Waals surface area (Å²) in [6.07, 6.45) is 23.8. The lowest BCUT2D eigenvalue weighted by atomic mass is 9.70. The molecule has 4 aromatic rings. The van der Waals surface area contributed by atoms with E-state index < -0.39 is 5.60 Å². The summed E-state index contributed by atoms with van der Waals surface area (Å²) in [5, 5.41) is 15.4. The van der Waals surface area contributed by atoms with Crippen molar-refractivity contribution < 1.29 is 5.11 Å². The molecule has 0 saturated heterocycles. The highest BCUT2D eigenvalue weighted by Gasteiger charge is 2.42. The van der Waals surface area contributed by atoms with Crippen LogP contribution in [0, 0.1) is 0 Å². The van der Waals surface area contributed by atoms with Gasteiger partial charge in [-0.3, -0.25) is 0 Å². The third-order valence-electron chi connectivity index (χ3n) is 11.8. The summed E-state index contributed by atoms with van der Waals surface area (Å²) in [4.78, 5) is 0. The largest absolute Gasteiger partial charge is 0.385 e. The van der Waals surface area contributed by atoms with E-state index in [1.165, 1.54) is 141 Å². The first-order valence-electron chi connectivity index (χ1n) is 20.5. The van der Waals surface area contributed by atoms with E-state index in [1.807, 2.05) is 0 Å². The lowest BCUT2D eigenvalue weighted by Crippen LogP contribution is -2.27. The Morgan fingerprint density at radius 2 is 1.06 bits per heavy atom. The zero-order valence-electron chi connectivity index (χ0n) is 31.6. The highest BCUT2D eigenvalue weighted by molar-refractivity contribution is 5.99. The molecule has 5 rings (SSSR count). The SMILES string of the molecule is CCCCCCC(O)(CCCCCC)c1ccc2ccccc2c1-c1ccc2c(c1)C(CCCCCC)(CCCCCC)c1ccccc1-2. The fourth-order valence-electron chi connectivity index (χ4n) is 9.03. The molecular weight excluding hydrogens is 593 g/mol. The Balaban J connectivity index is 1.67. The highest BCUT2D eigenvalue weighted by Crippen LogP contribution is 2.55. The van der Waals surface area contributed by atoms with Gasteiger partial charge in [0, 0.05) is 5.41 Å². The second-order valence-corrected chi connectivity index (χ2v) is 15.4. The molecule has 0 aromatic heterocycles. The van der Waals surface area contributed by atoms with Crippen LogP contribution in [0.4, 0.5) is 0 Å². The van der Waals surface area contributed by atoms with E-state index in [2.05, 4.69) is 107 Å². The maximum Gasteiger partial charge on any atom is 0.0902 e. The topological polar surface area (TPSA) is 20.2 Å². The maximum absolute atomic E-state index is 12.9. The molecule has 0 amide bonds. The van der Waals surface area contributed by atoms with Crippen molar-refractivity contribution in [1.29, 1.82) is 0 Å². The number of aliphatic hydroxyl groups is 1. The van der Waals surface area contributed by atoms with Gasteiger partial charge in [-0.25, -0.2) is 0 Å². The lowest BCUT2D eigenvalue weighted by molar-refractivity contribution is 0.0139. The first-order valence-corrected chi connectivity index (χ1v) is 20.5. The van der Waals surface area contributed by atoms with Gasteiger partial charge in [-0.2, -0.15) is 0 Å². The Hall–Kier alpha value is -2.90. The average molecular weight is 659 g/mol. The zero-order chi connectivity index (χ0) is 34.5. The Bertz CT molecular complexity index is 1570. The van der Waals surface area contributed by atoms with Crippen LogP contribution in [-0.2, 0) is 11.0 Å². The molecule has 1 heteroatoms. The molecule has 49 heavy (non-hydrogen) atoms. The molecule has 0 atom stereocenters. The summed E-state index contributed by atoms with van der Waals surface area (Å²) in [7, 11) is 0. The van der Waals surface area contributed by atoms with Crippen molar-refractivity contribution in [3.05, 3.63) is 95.6 Å². The second kappa shape index (κ2) is 18.4. The van der Waals surface area contributed by atoms with Gasteiger partial charge in [0.25, 0.3) is 0 Å². The molecule has 0 bridgehead atoms. The predicted molar refractivity (Wildman–Crippen MR) is 215 cm³/mol. The van der Waals surface area contributed by atoms with Crippen LogP contribution in [0.2, 0.25) is 0 Å². The quantitative estimate of drug-likeness (QED) is 0.0833. The van der Waals surface area contributed by atoms with Crippen molar-refractivity contribution in [1.82, 2.24) is 0 Å². The van der Waals surface area contributed by atoms with Gasteiger partial charge in [0.1, 0.15) is 0 Å². The van der Waals surface area contributed by atoms with Crippen LogP contribution >= 0.6 is 0 Å². The second-order valence-electron chi connectivity index (χ2n) is 15.4. The number of benzene rings is 4. The van der Waals surface area contributed by atoms with Gasteiger partial charge in [-0.15, -0.1) is 0 Å². The molecule has 1 nitrogen and oxygen atoms in total. The molecule has 0 spiro atoms. The van der Waals surface area contributed by atoms with E-state index in [9.17, 15) is 5.11 Å². The Kier molecular flexibility index (Phi) is 14.0. The highest BCUT2D eigenvalue weighted by atomic mass is 16.3. The van der Waals surface area contributed by atoms with Crippen molar-refractivity contribution in [3.8, 4) is 22.3 Å². The number of hydrogen-bond donors (Lipinski definition) is 1. The molecule has 0 radical (unpaired) electrons. The minimum absolute atomic E-state index is 0.0464. The fourth-order valence-corrected chi connectivity index (χ4v) is 9.03. The standard InChI is InChI=1S/C48H66O/c1-5-9-13-21-33-47(34-22-14-10-6-2)43-28-20-19-27-41(43)42-31-29-39(37-45(42)47)46-40-26-18-17-25-38(40)30-32-44(46)48(49,35-23-15-11-7-3)36-24-16-12-8-4/h17-20,25-32,37,49H,5-16,21-24,33-36H2,1-4H3. The molecule has 0 heterocycles. The van der Waals surface area contributed by atoms with E-state index in [0.717, 1.165) is 31.2 Å². The first-order chi connectivity index (χ1) is 24.0. The van der Waals surface area contributed by atoms with Crippen molar-refractivity contribution >= 4 is 10.8 Å². The van der Waals surface area contributed by atoms with E-state index in [4.69, 9.17) is 0 Å². The van der Waals surface area contributed by atoms with Crippen LogP contribution < -0.4 is 0 Å². The average Bonchev–Trinajstić information content (AvgIpc) is 3.40. The van der Waals surface area contributed by atoms with E-state index in [1.54, 1.807) is 5.56 Å². The van der Waals surface area contributed by atoms with Crippen LogP contribution in [0.25, 0.3) is 33.0 Å². The molecule has 1 aliphatic rings. The van der Waals surface area contributed by atoms with Gasteiger partial charge in [-0.05, 0) is 81.5 Å². The van der Waals surface area contributed by atoms with E-state index >= 15 is 0 Å². The predicted octanol–water partition coefficient (Wildman–Crippen LogP) is 14.8. The van der Waals surface area contributed by atoms with Crippen LogP contribution in [0.5, 0.6) is 0 Å². The number of fused-ring (bicyclic) bond motifs is 4. The Morgan fingerprint density at radius 1 is 0.510 bits per heavy atom. The van der Waals surface area contributed by atoms with Gasteiger partial charge in [0.05, 0.1) is 5.60 Å². The van der Waals surface area contributed by atoms with Gasteiger partial charge < -0.3 is 5.11 Å². The molecule has 0 aliphatic heterocycles. The minimum Gasteiger partial charge on any atom is -0.385 e. The smallest absolute Gasteiger partial charge is 0.0902 e. The van der Waals surface area contributed by atoms with Gasteiger partial charge in [0.15, 0.2) is 0 Å². The summed E-state index contributed by atoms with van der Waals surface area (Å²) in [5.74, 6) is 0. The molecule has 4 aromatic carbocycles. The number of rotatable bonds is 22. The van der Waals surface area contributed by atoms with Crippen LogP contribution in [0.15, 0.2) is 78.9 Å². The number of hydrogen-bond acceptors (Lipinski definition) is 1. The fraction of sp³-hybridized carbons (Fsp3) is 0.542. The summed E-state index contributed by atoms with van der Waals surface area (Å²) in [6, 6.07) is 30.2. The van der Waals surface area contributed by atoms with Gasteiger partial charge in [0.2, 0.25) is 0 Å². The molecule has 264 valence electrons. The third-order valence-corrected chi connectivity index (χ3v) is 11.8. The van der Waals surface area contributed by atoms with Crippen LogP contribution in [0.3, 0.4) is 0 Å². The lowest BCUT2D eigenvalue weighted by Gasteiger charge is -2.34. The van der Waals surface area contributed by atoms with Crippen LogP contribution in [0.1, 0.15) is 173 Å². The van der Waals surface area contributed by atoms with Gasteiger partial charge >= 0.3 is 0 Å². The summed E-state index contributed by atoms with van der Waals surface area (Å²) in [6.45, 7) is 9.20. The minimum atomic E-state index is -0.833. The normalized spacial score (nSPS) is 13.6. The molecule has 0 unspecified atom stereocenters. The monoisotopic (exact) mass is 659 g/mol. The first kappa shape index (κ1) is 37.4. The van der Waals surface area contributed by atoms with Crippen molar-refractivity contribution in [3.63, 3.8) is 0 Å². The van der Waals surface area contributed by atoms with Gasteiger partial charge in [-0.1, -0.05) is 203 Å². The number of unbranched alkanes of at least 4 members (excludes halogenated alkanes) is 12. The molecular formula is C48H66O. The Labute approximate surface area is 300 Å². The summed E-state index contributed by atoms with van der Waals surface area (Å²) < 4.78 is 0. The molecule has 0 saturated carbocycles. The molecule has 0 fully saturated rings. The maximum atomic E-state index is 12.9. The van der Waals surface area contributed by atoms with Crippen molar-refractivity contribution in [2.45, 2.75) is 167 Å². The molecule has 1 N–H and O–H groups in total. The Morgan fingerprint density at radius 3 is 1.69 bits per heavy atom. The van der Waals surface area contributed by atoms with Crippen LogP contribution in [-0.4, -0.2) is 5.11 Å². The summed E-state index contributed by atoms with van der Waals surface area (Å²) >= 11 is 0.